The Kier molecular flexibility index (Phi) is 7.79. The number of carbonyl (C=O) groups is 1. The number of carboxylic acids is 1. The summed E-state index contributed by atoms with van der Waals surface area (Å²) in [7, 11) is 1.33. The van der Waals surface area contributed by atoms with Crippen molar-refractivity contribution in [3.8, 4) is 0 Å². The molecule has 0 bridgehead atoms. The van der Waals surface area contributed by atoms with E-state index in [2.05, 4.69) is 20.3 Å². The van der Waals surface area contributed by atoms with Gasteiger partial charge in [0.15, 0.2) is 0 Å². The number of nitrogens with one attached hydrogen (secondary N) is 1. The summed E-state index contributed by atoms with van der Waals surface area (Å²) in [5.74, 6) is -2.92. The highest BCUT2D eigenvalue weighted by Gasteiger charge is 2.19. The maximum absolute atomic E-state index is 14.4. The van der Waals surface area contributed by atoms with Crippen LogP contribution in [-0.4, -0.2) is 38.5 Å². The van der Waals surface area contributed by atoms with Gasteiger partial charge in [0.25, 0.3) is 0 Å². The highest BCUT2D eigenvalue weighted by atomic mass is 35.5. The zero-order valence-electron chi connectivity index (χ0n) is 18.2. The maximum Gasteiger partial charge on any atom is 0.354 e. The molecule has 34 heavy (non-hydrogen) atoms. The van der Waals surface area contributed by atoms with E-state index in [1.807, 2.05) is 0 Å². The molecule has 0 amide bonds. The lowest BCUT2D eigenvalue weighted by Gasteiger charge is -2.17. The second-order valence-electron chi connectivity index (χ2n) is 7.34. The van der Waals surface area contributed by atoms with Gasteiger partial charge >= 0.3 is 17.3 Å². The predicted molar refractivity (Wildman–Crippen MR) is 124 cm³/mol. The minimum Gasteiger partial charge on any atom is -0.481 e. The average Bonchev–Trinajstić information content (AvgIpc) is 2.79. The highest BCUT2D eigenvalue weighted by Crippen LogP contribution is 2.18. The van der Waals surface area contributed by atoms with Gasteiger partial charge in [-0.3, -0.25) is 9.36 Å². The average molecular weight is 490 g/mol. The fourth-order valence-corrected chi connectivity index (χ4v) is 3.12. The first kappa shape index (κ1) is 24.6. The van der Waals surface area contributed by atoms with Crippen LogP contribution >= 0.6 is 11.6 Å². The predicted octanol–water partition coefficient (Wildman–Crippen LogP) is 2.69. The van der Waals surface area contributed by atoms with Crippen LogP contribution in [-0.2, 0) is 22.7 Å². The molecule has 10 nitrogen and oxygen atoms in total. The van der Waals surface area contributed by atoms with Gasteiger partial charge in [-0.25, -0.2) is 18.5 Å². The molecule has 0 unspecified atom stereocenters. The van der Waals surface area contributed by atoms with Crippen LogP contribution in [0.5, 0.6) is 0 Å². The topological polar surface area (TPSA) is 128 Å². The zero-order chi connectivity index (χ0) is 24.8. The van der Waals surface area contributed by atoms with Gasteiger partial charge in [0.1, 0.15) is 12.9 Å². The number of aliphatic carboxylic acids is 1. The SMILES string of the molecule is CO/N=C/c1ccc(Nc2nc(=O)n(C[C@H](C)C(=O)O)c(=O)n2Cc2ccc(Cl)cc2)cc1F. The highest BCUT2D eigenvalue weighted by molar-refractivity contribution is 6.30. The second kappa shape index (κ2) is 10.8. The third-order valence-electron chi connectivity index (χ3n) is 4.84. The van der Waals surface area contributed by atoms with Crippen LogP contribution in [0.2, 0.25) is 5.02 Å². The Morgan fingerprint density at radius 2 is 1.97 bits per heavy atom. The van der Waals surface area contributed by atoms with Crippen molar-refractivity contribution >= 4 is 35.4 Å². The number of oxime groups is 1. The second-order valence-corrected chi connectivity index (χ2v) is 7.78. The summed E-state index contributed by atoms with van der Waals surface area (Å²) in [4.78, 5) is 45.5. The van der Waals surface area contributed by atoms with Crippen molar-refractivity contribution in [2.24, 2.45) is 11.1 Å². The summed E-state index contributed by atoms with van der Waals surface area (Å²) >= 11 is 5.93. The number of benzene rings is 2. The molecule has 0 aliphatic carbocycles. The van der Waals surface area contributed by atoms with E-state index >= 15 is 0 Å². The number of aromatic nitrogens is 3. The van der Waals surface area contributed by atoms with Crippen molar-refractivity contribution in [3.63, 3.8) is 0 Å². The van der Waals surface area contributed by atoms with Crippen molar-refractivity contribution < 1.29 is 19.1 Å². The number of carboxylic acid groups (broad SMARTS) is 1. The van der Waals surface area contributed by atoms with Crippen molar-refractivity contribution in [3.05, 3.63) is 85.4 Å². The first-order valence-electron chi connectivity index (χ1n) is 10.0. The Morgan fingerprint density at radius 3 is 2.59 bits per heavy atom. The van der Waals surface area contributed by atoms with Crippen molar-refractivity contribution in [2.75, 3.05) is 12.4 Å². The Bertz CT molecular complexity index is 1340. The minimum absolute atomic E-state index is 0.00582. The van der Waals surface area contributed by atoms with Gasteiger partial charge in [-0.05, 0) is 35.9 Å². The summed E-state index contributed by atoms with van der Waals surface area (Å²) in [6.07, 6.45) is 1.19. The molecule has 0 aliphatic rings. The van der Waals surface area contributed by atoms with Gasteiger partial charge in [-0.1, -0.05) is 35.8 Å². The van der Waals surface area contributed by atoms with E-state index in [0.29, 0.717) is 10.6 Å². The van der Waals surface area contributed by atoms with Gasteiger partial charge in [0, 0.05) is 22.8 Å². The van der Waals surface area contributed by atoms with E-state index in [9.17, 15) is 23.9 Å². The number of nitrogens with zero attached hydrogens (tertiary/aromatic N) is 4. The standard InChI is InChI=1S/C22H21ClFN5O5/c1-13(19(30)31)11-29-21(32)27-20(26-17-8-5-15(10-25-34-2)18(24)9-17)28(22(29)33)12-14-3-6-16(23)7-4-14/h3-10,13H,11-12H2,1-2H3,(H,30,31)(H,26,27,32)/b25-10+/t13-/m0/s1. The molecule has 1 aromatic heterocycles. The Hall–Kier alpha value is -3.99. The van der Waals surface area contributed by atoms with Gasteiger partial charge in [0.05, 0.1) is 18.7 Å². The fraction of sp³-hybridized carbons (Fsp3) is 0.227. The summed E-state index contributed by atoms with van der Waals surface area (Å²) in [5, 5.41) is 16.0. The van der Waals surface area contributed by atoms with E-state index in [1.54, 1.807) is 24.3 Å². The van der Waals surface area contributed by atoms with Gasteiger partial charge in [-0.15, -0.1) is 0 Å². The van der Waals surface area contributed by atoms with E-state index in [0.717, 1.165) is 15.2 Å². The molecular weight excluding hydrogens is 469 g/mol. The Balaban J connectivity index is 2.06. The van der Waals surface area contributed by atoms with Crippen LogP contribution in [0.25, 0.3) is 0 Å². The van der Waals surface area contributed by atoms with Crippen LogP contribution in [0, 0.1) is 11.7 Å². The van der Waals surface area contributed by atoms with E-state index in [4.69, 9.17) is 11.6 Å². The molecule has 0 radical (unpaired) electrons. The van der Waals surface area contributed by atoms with Crippen LogP contribution < -0.4 is 16.7 Å². The Labute approximate surface area is 197 Å². The summed E-state index contributed by atoms with van der Waals surface area (Å²) in [6, 6.07) is 10.7. The van der Waals surface area contributed by atoms with E-state index in [1.165, 1.54) is 32.4 Å². The minimum atomic E-state index is -1.16. The van der Waals surface area contributed by atoms with Crippen LogP contribution in [0.1, 0.15) is 18.1 Å². The molecule has 3 aromatic rings. The maximum atomic E-state index is 14.4. The molecule has 2 N–H and O–H groups in total. The lowest BCUT2D eigenvalue weighted by atomic mass is 10.2. The molecular formula is C22H21ClFN5O5. The van der Waals surface area contributed by atoms with Crippen LogP contribution in [0.15, 0.2) is 57.2 Å². The molecule has 3 rings (SSSR count). The zero-order valence-corrected chi connectivity index (χ0v) is 19.0. The van der Waals surface area contributed by atoms with E-state index in [-0.39, 0.29) is 30.3 Å². The lowest BCUT2D eigenvalue weighted by molar-refractivity contribution is -0.141. The monoisotopic (exact) mass is 489 g/mol. The molecule has 178 valence electrons. The molecule has 0 spiro atoms. The molecule has 0 fully saturated rings. The molecule has 1 heterocycles. The van der Waals surface area contributed by atoms with Gasteiger partial charge in [-0.2, -0.15) is 4.98 Å². The van der Waals surface area contributed by atoms with Crippen molar-refractivity contribution in [2.45, 2.75) is 20.0 Å². The smallest absolute Gasteiger partial charge is 0.354 e. The first-order valence-corrected chi connectivity index (χ1v) is 10.4. The van der Waals surface area contributed by atoms with Gasteiger partial charge in [0.2, 0.25) is 5.95 Å². The molecule has 1 atom stereocenters. The number of rotatable bonds is 9. The fourth-order valence-electron chi connectivity index (χ4n) is 3.00. The largest absolute Gasteiger partial charge is 0.481 e. The third kappa shape index (κ3) is 5.87. The summed E-state index contributed by atoms with van der Waals surface area (Å²) in [5.41, 5.74) is -0.644. The first-order chi connectivity index (χ1) is 16.2. The molecule has 12 heteroatoms. The number of hydrogen-bond donors (Lipinski definition) is 2. The lowest BCUT2D eigenvalue weighted by Crippen LogP contribution is -2.44. The molecule has 0 aliphatic heterocycles. The molecule has 2 aromatic carbocycles. The quantitative estimate of drug-likeness (QED) is 0.349. The van der Waals surface area contributed by atoms with E-state index < -0.39 is 29.1 Å². The third-order valence-corrected chi connectivity index (χ3v) is 5.09. The van der Waals surface area contributed by atoms with Crippen molar-refractivity contribution in [1.82, 2.24) is 14.1 Å². The van der Waals surface area contributed by atoms with Crippen molar-refractivity contribution in [1.29, 1.82) is 0 Å². The summed E-state index contributed by atoms with van der Waals surface area (Å²) < 4.78 is 16.3. The number of halogens is 2. The Morgan fingerprint density at radius 1 is 1.26 bits per heavy atom. The molecule has 0 saturated heterocycles. The summed E-state index contributed by atoms with van der Waals surface area (Å²) in [6.45, 7) is 1.01. The number of hydrogen-bond acceptors (Lipinski definition) is 7. The number of anilines is 2. The van der Waals surface area contributed by atoms with Crippen LogP contribution in [0.3, 0.4) is 0 Å². The van der Waals surface area contributed by atoms with Gasteiger partial charge < -0.3 is 15.3 Å². The normalized spacial score (nSPS) is 12.0. The van der Waals surface area contributed by atoms with Crippen LogP contribution in [0.4, 0.5) is 16.0 Å². The molecule has 0 saturated carbocycles.